The summed E-state index contributed by atoms with van der Waals surface area (Å²) in [7, 11) is 0. The molecule has 4 heteroatoms. The number of Topliss-reactive ketones (excluding diaryl/α,β-unsaturated/α-hetero) is 1. The van der Waals surface area contributed by atoms with Gasteiger partial charge in [0, 0.05) is 12.8 Å². The first kappa shape index (κ1) is 11.8. The molecule has 0 fully saturated rings. The second kappa shape index (κ2) is 4.46. The highest BCUT2D eigenvalue weighted by atomic mass is 16.5. The Hall–Kier alpha value is -2.23. The van der Waals surface area contributed by atoms with Crippen molar-refractivity contribution in [2.24, 2.45) is 0 Å². The summed E-state index contributed by atoms with van der Waals surface area (Å²) in [6, 6.07) is 4.55. The number of allylic oxidation sites excluding steroid dienone is 3. The molecule has 1 aliphatic carbocycles. The van der Waals surface area contributed by atoms with Crippen molar-refractivity contribution >= 4 is 5.78 Å². The molecule has 1 unspecified atom stereocenters. The molecule has 1 aromatic carbocycles. The van der Waals surface area contributed by atoms with Crippen molar-refractivity contribution in [2.45, 2.75) is 25.4 Å². The third kappa shape index (κ3) is 2.10. The lowest BCUT2D eigenvalue weighted by molar-refractivity contribution is -0.121. The summed E-state index contributed by atoms with van der Waals surface area (Å²) in [5.41, 5.74) is 1.44. The molecule has 3 rings (SSSR count). The molecule has 0 bridgehead atoms. The van der Waals surface area contributed by atoms with E-state index in [1.54, 1.807) is 6.07 Å². The van der Waals surface area contributed by atoms with Gasteiger partial charge in [-0.1, -0.05) is 18.2 Å². The van der Waals surface area contributed by atoms with Crippen molar-refractivity contribution in [1.29, 1.82) is 0 Å². The Morgan fingerprint density at radius 3 is 2.84 bits per heavy atom. The van der Waals surface area contributed by atoms with Crippen LogP contribution in [-0.2, 0) is 16.0 Å². The van der Waals surface area contributed by atoms with Crippen LogP contribution in [0.3, 0.4) is 0 Å². The Balaban J connectivity index is 1.77. The van der Waals surface area contributed by atoms with Gasteiger partial charge in [-0.25, -0.2) is 0 Å². The van der Waals surface area contributed by atoms with Gasteiger partial charge in [0.15, 0.2) is 17.6 Å². The van der Waals surface area contributed by atoms with E-state index in [4.69, 9.17) is 4.74 Å². The highest BCUT2D eigenvalue weighted by molar-refractivity contribution is 6.04. The predicted molar refractivity (Wildman–Crippen MR) is 68.8 cm³/mol. The second-order valence-corrected chi connectivity index (χ2v) is 4.78. The van der Waals surface area contributed by atoms with Gasteiger partial charge in [0.05, 0.1) is 5.57 Å². The van der Waals surface area contributed by atoms with Gasteiger partial charge in [0.2, 0.25) is 5.78 Å². The van der Waals surface area contributed by atoms with Crippen LogP contribution in [-0.4, -0.2) is 22.1 Å². The van der Waals surface area contributed by atoms with Crippen molar-refractivity contribution in [3.63, 3.8) is 0 Å². The molecule has 0 radical (unpaired) electrons. The van der Waals surface area contributed by atoms with Gasteiger partial charge in [-0.15, -0.1) is 0 Å². The van der Waals surface area contributed by atoms with E-state index in [2.05, 4.69) is 0 Å². The first-order valence-electron chi connectivity index (χ1n) is 6.26. The monoisotopic (exact) mass is 258 g/mol. The smallest absolute Gasteiger partial charge is 0.206 e. The van der Waals surface area contributed by atoms with Crippen molar-refractivity contribution in [3.8, 4) is 11.5 Å². The molecule has 2 aliphatic rings. The van der Waals surface area contributed by atoms with Crippen molar-refractivity contribution in [1.82, 2.24) is 0 Å². The minimum atomic E-state index is -0.517. The van der Waals surface area contributed by atoms with Crippen LogP contribution in [0.1, 0.15) is 18.4 Å². The van der Waals surface area contributed by atoms with Crippen LogP contribution in [0.2, 0.25) is 0 Å². The number of benzene rings is 1. The average molecular weight is 258 g/mol. The van der Waals surface area contributed by atoms with Gasteiger partial charge >= 0.3 is 0 Å². The van der Waals surface area contributed by atoms with Crippen molar-refractivity contribution in [2.75, 3.05) is 0 Å². The van der Waals surface area contributed by atoms with Crippen LogP contribution < -0.4 is 0 Å². The first-order valence-corrected chi connectivity index (χ1v) is 6.26. The first-order chi connectivity index (χ1) is 9.15. The van der Waals surface area contributed by atoms with Gasteiger partial charge in [-0.2, -0.15) is 0 Å². The summed E-state index contributed by atoms with van der Waals surface area (Å²) in [6.07, 6.45) is 5.36. The number of aromatic hydroxyl groups is 2. The van der Waals surface area contributed by atoms with Gasteiger partial charge in [0.25, 0.3) is 0 Å². The van der Waals surface area contributed by atoms with E-state index in [-0.39, 0.29) is 17.3 Å². The summed E-state index contributed by atoms with van der Waals surface area (Å²) in [5, 5.41) is 18.7. The quantitative estimate of drug-likeness (QED) is 0.798. The van der Waals surface area contributed by atoms with E-state index >= 15 is 0 Å². The van der Waals surface area contributed by atoms with E-state index in [1.165, 1.54) is 12.1 Å². The van der Waals surface area contributed by atoms with E-state index in [0.29, 0.717) is 12.0 Å². The molecule has 0 aromatic heterocycles. The van der Waals surface area contributed by atoms with Crippen LogP contribution in [0, 0.1) is 0 Å². The largest absolute Gasteiger partial charge is 0.504 e. The Morgan fingerprint density at radius 1 is 1.26 bits per heavy atom. The number of phenols is 2. The van der Waals surface area contributed by atoms with Gasteiger partial charge in [0.1, 0.15) is 5.76 Å². The maximum Gasteiger partial charge on any atom is 0.206 e. The molecule has 0 saturated heterocycles. The molecular formula is C15H14O4. The fourth-order valence-electron chi connectivity index (χ4n) is 2.43. The normalized spacial score (nSPS) is 21.5. The number of rotatable bonds is 2. The Labute approximate surface area is 110 Å². The minimum Gasteiger partial charge on any atom is -0.504 e. The van der Waals surface area contributed by atoms with Crippen LogP contribution in [0.4, 0.5) is 0 Å². The summed E-state index contributed by atoms with van der Waals surface area (Å²) >= 11 is 0. The maximum atomic E-state index is 12.1. The molecule has 1 aromatic rings. The Kier molecular flexibility index (Phi) is 2.78. The molecule has 2 N–H and O–H groups in total. The minimum absolute atomic E-state index is 0.00138. The standard InChI is InChI=1S/C15H14O4/c16-11-6-5-9(7-12(11)17)8-14-15(18)10-3-1-2-4-13(10)19-14/h1,3,5-7,14,16-17H,2,4,8H2. The third-order valence-corrected chi connectivity index (χ3v) is 3.43. The van der Waals surface area contributed by atoms with E-state index in [9.17, 15) is 15.0 Å². The number of hydrogen-bond donors (Lipinski definition) is 2. The summed E-state index contributed by atoms with van der Waals surface area (Å²) in [5.74, 6) is 0.433. The zero-order valence-corrected chi connectivity index (χ0v) is 10.3. The number of phenolic OH excluding ortho intramolecular Hbond substituents is 2. The lowest BCUT2D eigenvalue weighted by Crippen LogP contribution is -2.20. The van der Waals surface area contributed by atoms with Gasteiger partial charge < -0.3 is 14.9 Å². The predicted octanol–water partition coefficient (Wildman–Crippen LogP) is 2.21. The fraction of sp³-hybridized carbons (Fsp3) is 0.267. The van der Waals surface area contributed by atoms with Crippen LogP contribution in [0.25, 0.3) is 0 Å². The lowest BCUT2D eigenvalue weighted by Gasteiger charge is -2.12. The highest BCUT2D eigenvalue weighted by Gasteiger charge is 2.34. The molecule has 0 saturated carbocycles. The van der Waals surface area contributed by atoms with Gasteiger partial charge in [-0.3, -0.25) is 4.79 Å². The van der Waals surface area contributed by atoms with Crippen molar-refractivity contribution < 1.29 is 19.7 Å². The topological polar surface area (TPSA) is 66.8 Å². The summed E-state index contributed by atoms with van der Waals surface area (Å²) in [4.78, 5) is 12.1. The van der Waals surface area contributed by atoms with E-state index < -0.39 is 6.10 Å². The Morgan fingerprint density at radius 2 is 2.11 bits per heavy atom. The van der Waals surface area contributed by atoms with Gasteiger partial charge in [-0.05, 0) is 24.1 Å². The zero-order valence-electron chi connectivity index (χ0n) is 10.3. The summed E-state index contributed by atoms with van der Waals surface area (Å²) < 4.78 is 5.69. The van der Waals surface area contributed by atoms with E-state index in [0.717, 1.165) is 24.2 Å². The zero-order chi connectivity index (χ0) is 13.4. The molecule has 0 amide bonds. The number of carbonyl (C=O) groups is 1. The van der Waals surface area contributed by atoms with E-state index in [1.807, 2.05) is 12.2 Å². The molecule has 4 nitrogen and oxygen atoms in total. The van der Waals surface area contributed by atoms with Crippen LogP contribution in [0.5, 0.6) is 11.5 Å². The molecule has 1 aliphatic heterocycles. The fourth-order valence-corrected chi connectivity index (χ4v) is 2.43. The third-order valence-electron chi connectivity index (χ3n) is 3.43. The lowest BCUT2D eigenvalue weighted by atomic mass is 9.98. The Bertz CT molecular complexity index is 598. The van der Waals surface area contributed by atoms with Crippen molar-refractivity contribution in [3.05, 3.63) is 47.2 Å². The molecular weight excluding hydrogens is 244 g/mol. The second-order valence-electron chi connectivity index (χ2n) is 4.78. The average Bonchev–Trinajstić information content (AvgIpc) is 2.72. The van der Waals surface area contributed by atoms with Crippen LogP contribution in [0.15, 0.2) is 41.7 Å². The summed E-state index contributed by atoms with van der Waals surface area (Å²) in [6.45, 7) is 0. The number of ketones is 1. The number of hydrogen-bond acceptors (Lipinski definition) is 4. The molecule has 1 atom stereocenters. The number of carbonyl (C=O) groups excluding carboxylic acids is 1. The maximum absolute atomic E-state index is 12.1. The molecule has 1 heterocycles. The van der Waals surface area contributed by atoms with Crippen LogP contribution >= 0.6 is 0 Å². The molecule has 98 valence electrons. The molecule has 0 spiro atoms. The molecule has 19 heavy (non-hydrogen) atoms. The SMILES string of the molecule is O=C1C2=C(CCC=C2)OC1Cc1ccc(O)c(O)c1. The number of ether oxygens (including phenoxy) is 1. The highest BCUT2D eigenvalue weighted by Crippen LogP contribution is 2.32.